The van der Waals surface area contributed by atoms with Gasteiger partial charge in [0.1, 0.15) is 5.82 Å². The van der Waals surface area contributed by atoms with Crippen molar-refractivity contribution in [2.24, 2.45) is 5.92 Å². The highest BCUT2D eigenvalue weighted by atomic mass is 19.1. The van der Waals surface area contributed by atoms with Crippen molar-refractivity contribution in [1.29, 1.82) is 0 Å². The molecule has 1 saturated heterocycles. The molecule has 0 spiro atoms. The van der Waals surface area contributed by atoms with Gasteiger partial charge in [0.2, 0.25) is 0 Å². The number of hydrogen-bond acceptors (Lipinski definition) is 3. The highest BCUT2D eigenvalue weighted by Crippen LogP contribution is 2.28. The number of anilines is 1. The number of ketones is 1. The molecule has 2 atom stereocenters. The normalized spacial score (nSPS) is 21.9. The Bertz CT molecular complexity index is 514. The molecule has 1 heterocycles. The van der Waals surface area contributed by atoms with Crippen LogP contribution in [0.5, 0.6) is 0 Å². The van der Waals surface area contributed by atoms with Crippen LogP contribution in [0.25, 0.3) is 0 Å². The van der Waals surface area contributed by atoms with E-state index >= 15 is 0 Å². The summed E-state index contributed by atoms with van der Waals surface area (Å²) in [6.45, 7) is 6.49. The molecule has 0 aliphatic carbocycles. The lowest BCUT2D eigenvalue weighted by Crippen LogP contribution is -2.38. The van der Waals surface area contributed by atoms with Crippen molar-refractivity contribution in [1.82, 2.24) is 0 Å². The fourth-order valence-corrected chi connectivity index (χ4v) is 3.32. The van der Waals surface area contributed by atoms with Crippen molar-refractivity contribution in [3.05, 3.63) is 29.6 Å². The number of carbonyl (C=O) groups is 1. The Morgan fingerprint density at radius 3 is 2.77 bits per heavy atom. The highest BCUT2D eigenvalue weighted by Gasteiger charge is 2.28. The average Bonchev–Trinajstić information content (AvgIpc) is 2.48. The highest BCUT2D eigenvalue weighted by molar-refractivity contribution is 5.99. The Labute approximate surface area is 132 Å². The van der Waals surface area contributed by atoms with Crippen molar-refractivity contribution in [2.45, 2.75) is 58.6 Å². The van der Waals surface area contributed by atoms with Crippen LogP contribution in [0.3, 0.4) is 0 Å². The number of hydrogen-bond donors (Lipinski definition) is 1. The summed E-state index contributed by atoms with van der Waals surface area (Å²) in [4.78, 5) is 11.7. The third-order valence-corrected chi connectivity index (χ3v) is 4.61. The standard InChI is InChI=1S/C18H26FNO2/c1-4-13(5-2)17-11-14(9-10-22-17)20-16-8-6-7-15(19)18(16)12(3)21/h6-8,13-14,17,20H,4-5,9-11H2,1-3H3. The molecule has 1 aliphatic heterocycles. The van der Waals surface area contributed by atoms with Gasteiger partial charge in [-0.15, -0.1) is 0 Å². The maximum Gasteiger partial charge on any atom is 0.164 e. The molecule has 122 valence electrons. The molecule has 1 N–H and O–H groups in total. The van der Waals surface area contributed by atoms with Gasteiger partial charge in [0.15, 0.2) is 5.78 Å². The van der Waals surface area contributed by atoms with Crippen LogP contribution in [-0.2, 0) is 4.74 Å². The first-order valence-electron chi connectivity index (χ1n) is 8.24. The molecule has 1 fully saturated rings. The molecule has 1 aromatic rings. The van der Waals surface area contributed by atoms with E-state index in [4.69, 9.17) is 4.74 Å². The van der Waals surface area contributed by atoms with Gasteiger partial charge in [-0.1, -0.05) is 32.8 Å². The molecule has 0 saturated carbocycles. The monoisotopic (exact) mass is 307 g/mol. The zero-order chi connectivity index (χ0) is 16.1. The zero-order valence-corrected chi connectivity index (χ0v) is 13.7. The Balaban J connectivity index is 2.11. The summed E-state index contributed by atoms with van der Waals surface area (Å²) >= 11 is 0. The summed E-state index contributed by atoms with van der Waals surface area (Å²) < 4.78 is 19.8. The Morgan fingerprint density at radius 2 is 2.14 bits per heavy atom. The molecular formula is C18H26FNO2. The van der Waals surface area contributed by atoms with E-state index in [2.05, 4.69) is 19.2 Å². The number of carbonyl (C=O) groups excluding carboxylic acids is 1. The Kier molecular flexibility index (Phi) is 5.95. The van der Waals surface area contributed by atoms with Gasteiger partial charge >= 0.3 is 0 Å². The molecule has 4 heteroatoms. The molecule has 2 rings (SSSR count). The van der Waals surface area contributed by atoms with Gasteiger partial charge in [-0.25, -0.2) is 4.39 Å². The summed E-state index contributed by atoms with van der Waals surface area (Å²) in [6.07, 6.45) is 4.24. The predicted octanol–water partition coefficient (Wildman–Crippen LogP) is 4.42. The molecule has 0 radical (unpaired) electrons. The fraction of sp³-hybridized carbons (Fsp3) is 0.611. The lowest BCUT2D eigenvalue weighted by molar-refractivity contribution is -0.0271. The largest absolute Gasteiger partial charge is 0.381 e. The minimum absolute atomic E-state index is 0.160. The molecule has 0 amide bonds. The molecule has 1 aromatic carbocycles. The average molecular weight is 307 g/mol. The first-order valence-corrected chi connectivity index (χ1v) is 8.24. The molecule has 0 bridgehead atoms. The minimum Gasteiger partial charge on any atom is -0.381 e. The number of halogens is 1. The molecular weight excluding hydrogens is 281 g/mol. The van der Waals surface area contributed by atoms with E-state index in [9.17, 15) is 9.18 Å². The van der Waals surface area contributed by atoms with Gasteiger partial charge < -0.3 is 10.1 Å². The van der Waals surface area contributed by atoms with Crippen LogP contribution >= 0.6 is 0 Å². The SMILES string of the molecule is CCC(CC)C1CC(Nc2cccc(F)c2C(C)=O)CCO1. The Hall–Kier alpha value is -1.42. The lowest BCUT2D eigenvalue weighted by atomic mass is 9.89. The number of ether oxygens (including phenoxy) is 1. The van der Waals surface area contributed by atoms with Gasteiger partial charge in [-0.05, 0) is 37.8 Å². The van der Waals surface area contributed by atoms with E-state index in [1.165, 1.54) is 13.0 Å². The zero-order valence-electron chi connectivity index (χ0n) is 13.7. The quantitative estimate of drug-likeness (QED) is 0.790. The van der Waals surface area contributed by atoms with Gasteiger partial charge in [0.25, 0.3) is 0 Å². The second-order valence-electron chi connectivity index (χ2n) is 6.07. The van der Waals surface area contributed by atoms with Gasteiger partial charge in [0.05, 0.1) is 11.7 Å². The van der Waals surface area contributed by atoms with Crippen molar-refractivity contribution < 1.29 is 13.9 Å². The number of Topliss-reactive ketones (excluding diaryl/α,β-unsaturated/α-hetero) is 1. The van der Waals surface area contributed by atoms with E-state index in [-0.39, 0.29) is 23.5 Å². The topological polar surface area (TPSA) is 38.3 Å². The second-order valence-corrected chi connectivity index (χ2v) is 6.07. The van der Waals surface area contributed by atoms with Crippen LogP contribution in [0.4, 0.5) is 10.1 Å². The van der Waals surface area contributed by atoms with Crippen molar-refractivity contribution in [2.75, 3.05) is 11.9 Å². The molecule has 0 aromatic heterocycles. The van der Waals surface area contributed by atoms with Crippen LogP contribution in [-0.4, -0.2) is 24.5 Å². The Morgan fingerprint density at radius 1 is 1.41 bits per heavy atom. The summed E-state index contributed by atoms with van der Waals surface area (Å²) in [5, 5.41) is 3.36. The maximum atomic E-state index is 13.9. The van der Waals surface area contributed by atoms with Crippen molar-refractivity contribution >= 4 is 11.5 Å². The minimum atomic E-state index is -0.457. The smallest absolute Gasteiger partial charge is 0.164 e. The van der Waals surface area contributed by atoms with Crippen LogP contribution in [0, 0.1) is 11.7 Å². The molecule has 1 aliphatic rings. The van der Waals surface area contributed by atoms with E-state index in [1.54, 1.807) is 12.1 Å². The van der Waals surface area contributed by atoms with E-state index < -0.39 is 5.82 Å². The third-order valence-electron chi connectivity index (χ3n) is 4.61. The fourth-order valence-electron chi connectivity index (χ4n) is 3.32. The molecule has 22 heavy (non-hydrogen) atoms. The van der Waals surface area contributed by atoms with Crippen molar-refractivity contribution in [3.8, 4) is 0 Å². The van der Waals surface area contributed by atoms with Gasteiger partial charge in [-0.2, -0.15) is 0 Å². The third kappa shape index (κ3) is 3.86. The van der Waals surface area contributed by atoms with E-state index in [0.29, 0.717) is 18.2 Å². The van der Waals surface area contributed by atoms with Crippen LogP contribution in [0.15, 0.2) is 18.2 Å². The second kappa shape index (κ2) is 7.73. The molecule has 2 unspecified atom stereocenters. The molecule has 3 nitrogen and oxygen atoms in total. The first kappa shape index (κ1) is 16.9. The number of benzene rings is 1. The van der Waals surface area contributed by atoms with Crippen molar-refractivity contribution in [3.63, 3.8) is 0 Å². The van der Waals surface area contributed by atoms with Gasteiger partial charge in [-0.3, -0.25) is 4.79 Å². The maximum absolute atomic E-state index is 13.9. The number of rotatable bonds is 6. The summed E-state index contributed by atoms with van der Waals surface area (Å²) in [6, 6.07) is 4.97. The van der Waals surface area contributed by atoms with Crippen LogP contribution < -0.4 is 5.32 Å². The predicted molar refractivity (Wildman–Crippen MR) is 86.9 cm³/mol. The van der Waals surface area contributed by atoms with E-state index in [0.717, 1.165) is 25.7 Å². The summed E-state index contributed by atoms with van der Waals surface area (Å²) in [7, 11) is 0. The van der Waals surface area contributed by atoms with E-state index in [1.807, 2.05) is 0 Å². The number of nitrogens with one attached hydrogen (secondary N) is 1. The van der Waals surface area contributed by atoms with Crippen LogP contribution in [0.2, 0.25) is 0 Å². The lowest BCUT2D eigenvalue weighted by Gasteiger charge is -2.35. The van der Waals surface area contributed by atoms with Crippen LogP contribution in [0.1, 0.15) is 56.8 Å². The van der Waals surface area contributed by atoms with Gasteiger partial charge in [0, 0.05) is 18.3 Å². The first-order chi connectivity index (χ1) is 10.6. The summed E-state index contributed by atoms with van der Waals surface area (Å²) in [5.74, 6) is -0.144. The summed E-state index contributed by atoms with van der Waals surface area (Å²) in [5.41, 5.74) is 0.760.